The fourth-order valence-corrected chi connectivity index (χ4v) is 3.98. The first-order chi connectivity index (χ1) is 18.6. The van der Waals surface area contributed by atoms with Gasteiger partial charge in [0.05, 0.1) is 25.2 Å². The van der Waals surface area contributed by atoms with Crippen molar-refractivity contribution in [1.29, 1.82) is 0 Å². The van der Waals surface area contributed by atoms with Crippen LogP contribution in [0, 0.1) is 0 Å². The molecule has 1 heterocycles. The summed E-state index contributed by atoms with van der Waals surface area (Å²) >= 11 is 0. The fourth-order valence-electron chi connectivity index (χ4n) is 3.98. The Kier molecular flexibility index (Phi) is 9.55. The van der Waals surface area contributed by atoms with Gasteiger partial charge in [0.2, 0.25) is 0 Å². The molecule has 9 nitrogen and oxygen atoms in total. The molecule has 1 amide bonds. The molecular formula is C29H34N4O5. The number of rotatable bonds is 13. The SMILES string of the molecule is CCc1cccc(NC(=O)c2cccc(N[C@@H]3N=CNc4cc(OCCOC)c(OCCOC)cc43)c2)c1. The van der Waals surface area contributed by atoms with Crippen molar-refractivity contribution < 1.29 is 23.7 Å². The number of nitrogens with one attached hydrogen (secondary N) is 3. The molecule has 1 aliphatic heterocycles. The maximum atomic E-state index is 12.9. The van der Waals surface area contributed by atoms with Crippen molar-refractivity contribution in [2.75, 3.05) is 56.6 Å². The first-order valence-electron chi connectivity index (χ1n) is 12.6. The van der Waals surface area contributed by atoms with Gasteiger partial charge in [0.1, 0.15) is 19.4 Å². The summed E-state index contributed by atoms with van der Waals surface area (Å²) in [4.78, 5) is 17.5. The Hall–Kier alpha value is -4.08. The average Bonchev–Trinajstić information content (AvgIpc) is 2.94. The summed E-state index contributed by atoms with van der Waals surface area (Å²) < 4.78 is 22.1. The third-order valence-electron chi connectivity index (χ3n) is 5.97. The Bertz CT molecular complexity index is 1260. The van der Waals surface area contributed by atoms with Crippen LogP contribution in [0.15, 0.2) is 65.7 Å². The summed E-state index contributed by atoms with van der Waals surface area (Å²) in [7, 11) is 3.25. The number of anilines is 3. The lowest BCUT2D eigenvalue weighted by atomic mass is 10.1. The van der Waals surface area contributed by atoms with Gasteiger partial charge in [-0.1, -0.05) is 25.1 Å². The molecule has 0 aromatic heterocycles. The molecule has 38 heavy (non-hydrogen) atoms. The number of amides is 1. The van der Waals surface area contributed by atoms with Crippen LogP contribution in [0.1, 0.15) is 34.6 Å². The molecule has 0 unspecified atom stereocenters. The Morgan fingerprint density at radius 3 is 2.34 bits per heavy atom. The van der Waals surface area contributed by atoms with E-state index in [4.69, 9.17) is 18.9 Å². The minimum Gasteiger partial charge on any atom is -0.487 e. The molecule has 0 bridgehead atoms. The van der Waals surface area contributed by atoms with Crippen molar-refractivity contribution in [3.8, 4) is 11.5 Å². The van der Waals surface area contributed by atoms with Crippen LogP contribution in [0.2, 0.25) is 0 Å². The van der Waals surface area contributed by atoms with Crippen LogP contribution in [0.5, 0.6) is 11.5 Å². The molecule has 1 aliphatic rings. The second kappa shape index (κ2) is 13.5. The Morgan fingerprint density at radius 1 is 0.895 bits per heavy atom. The first-order valence-corrected chi connectivity index (χ1v) is 12.6. The average molecular weight is 519 g/mol. The van der Waals surface area contributed by atoms with Gasteiger partial charge in [-0.05, 0) is 48.4 Å². The largest absolute Gasteiger partial charge is 0.487 e. The number of carbonyl (C=O) groups excluding carboxylic acids is 1. The van der Waals surface area contributed by atoms with E-state index in [9.17, 15) is 4.79 Å². The second-order valence-corrected chi connectivity index (χ2v) is 8.63. The number of hydrogen-bond acceptors (Lipinski definition) is 8. The van der Waals surface area contributed by atoms with Crippen LogP contribution in [0.3, 0.4) is 0 Å². The minimum atomic E-state index is -0.399. The molecule has 0 saturated heterocycles. The second-order valence-electron chi connectivity index (χ2n) is 8.63. The van der Waals surface area contributed by atoms with E-state index in [1.807, 2.05) is 54.6 Å². The van der Waals surface area contributed by atoms with Crippen molar-refractivity contribution in [1.82, 2.24) is 0 Å². The number of aliphatic imine (C=N–C) groups is 1. The standard InChI is InChI=1S/C29H34N4O5/c1-4-20-7-5-9-22(15-20)33-29(34)21-8-6-10-23(16-21)32-28-24-17-26(37-13-11-35-2)27(38-14-12-36-3)18-25(24)30-19-31-28/h5-10,15-19,28,32H,4,11-14H2,1-3H3,(H,30,31)(H,33,34)/t28-/m0/s1. The molecule has 3 aromatic carbocycles. The lowest BCUT2D eigenvalue weighted by Crippen LogP contribution is -2.18. The topological polar surface area (TPSA) is 102 Å². The van der Waals surface area contributed by atoms with Crippen LogP contribution in [0.25, 0.3) is 0 Å². The summed E-state index contributed by atoms with van der Waals surface area (Å²) in [6.45, 7) is 3.76. The predicted molar refractivity (Wildman–Crippen MR) is 150 cm³/mol. The zero-order valence-electron chi connectivity index (χ0n) is 22.0. The highest BCUT2D eigenvalue weighted by atomic mass is 16.5. The fraction of sp³-hybridized carbons (Fsp3) is 0.310. The van der Waals surface area contributed by atoms with Crippen LogP contribution in [-0.2, 0) is 15.9 Å². The van der Waals surface area contributed by atoms with E-state index in [2.05, 4.69) is 27.9 Å². The number of fused-ring (bicyclic) bond motifs is 1. The number of hydrogen-bond donors (Lipinski definition) is 3. The van der Waals surface area contributed by atoms with Gasteiger partial charge >= 0.3 is 0 Å². The summed E-state index contributed by atoms with van der Waals surface area (Å²) in [5.41, 5.74) is 4.96. The molecule has 3 aromatic rings. The molecule has 4 rings (SSSR count). The summed E-state index contributed by atoms with van der Waals surface area (Å²) in [5, 5.41) is 9.59. The maximum absolute atomic E-state index is 12.9. The Labute approximate surface area is 223 Å². The van der Waals surface area contributed by atoms with Crippen LogP contribution in [-0.4, -0.2) is 52.9 Å². The van der Waals surface area contributed by atoms with Gasteiger partial charge in [0.25, 0.3) is 5.91 Å². The summed E-state index contributed by atoms with van der Waals surface area (Å²) in [6, 6.07) is 19.0. The van der Waals surface area contributed by atoms with Gasteiger partial charge in [0, 0.05) is 42.8 Å². The quantitative estimate of drug-likeness (QED) is 0.270. The molecule has 0 saturated carbocycles. The van der Waals surface area contributed by atoms with Crippen LogP contribution in [0.4, 0.5) is 17.1 Å². The Balaban J connectivity index is 1.52. The van der Waals surface area contributed by atoms with Crippen molar-refractivity contribution in [2.45, 2.75) is 19.5 Å². The molecule has 0 spiro atoms. The van der Waals surface area contributed by atoms with Gasteiger partial charge in [-0.2, -0.15) is 0 Å². The van der Waals surface area contributed by atoms with E-state index in [0.29, 0.717) is 43.5 Å². The maximum Gasteiger partial charge on any atom is 0.255 e. The number of methoxy groups -OCH3 is 2. The monoisotopic (exact) mass is 518 g/mol. The normalized spacial score (nSPS) is 13.8. The highest BCUT2D eigenvalue weighted by Gasteiger charge is 2.22. The lowest BCUT2D eigenvalue weighted by Gasteiger charge is -2.25. The number of benzene rings is 3. The van der Waals surface area contributed by atoms with Crippen LogP contribution < -0.4 is 25.4 Å². The van der Waals surface area contributed by atoms with E-state index in [0.717, 1.165) is 29.0 Å². The first kappa shape index (κ1) is 27.0. The van der Waals surface area contributed by atoms with Crippen molar-refractivity contribution in [3.63, 3.8) is 0 Å². The number of aryl methyl sites for hydroxylation is 1. The van der Waals surface area contributed by atoms with E-state index in [-0.39, 0.29) is 5.91 Å². The van der Waals surface area contributed by atoms with Crippen molar-refractivity contribution in [2.24, 2.45) is 4.99 Å². The number of nitrogens with zero attached hydrogens (tertiary/aromatic N) is 1. The smallest absolute Gasteiger partial charge is 0.255 e. The predicted octanol–water partition coefficient (Wildman–Crippen LogP) is 5.12. The zero-order valence-corrected chi connectivity index (χ0v) is 22.0. The number of carbonyl (C=O) groups is 1. The third kappa shape index (κ3) is 7.02. The van der Waals surface area contributed by atoms with Gasteiger partial charge in [-0.25, -0.2) is 4.99 Å². The lowest BCUT2D eigenvalue weighted by molar-refractivity contribution is 0.102. The summed E-state index contributed by atoms with van der Waals surface area (Å²) in [5.74, 6) is 1.01. The molecule has 200 valence electrons. The molecule has 1 atom stereocenters. The van der Waals surface area contributed by atoms with Gasteiger partial charge in [-0.15, -0.1) is 0 Å². The van der Waals surface area contributed by atoms with Crippen molar-refractivity contribution in [3.05, 3.63) is 77.4 Å². The highest BCUT2D eigenvalue weighted by molar-refractivity contribution is 6.04. The van der Waals surface area contributed by atoms with E-state index < -0.39 is 6.17 Å². The van der Waals surface area contributed by atoms with Gasteiger partial charge in [-0.3, -0.25) is 4.79 Å². The molecular weight excluding hydrogens is 484 g/mol. The minimum absolute atomic E-state index is 0.178. The highest BCUT2D eigenvalue weighted by Crippen LogP contribution is 2.39. The summed E-state index contributed by atoms with van der Waals surface area (Å²) in [6.07, 6.45) is 2.15. The molecule has 0 radical (unpaired) electrons. The van der Waals surface area contributed by atoms with Gasteiger partial charge in [0.15, 0.2) is 11.5 Å². The Morgan fingerprint density at radius 2 is 1.61 bits per heavy atom. The van der Waals surface area contributed by atoms with Crippen molar-refractivity contribution >= 4 is 29.3 Å². The molecule has 9 heteroatoms. The van der Waals surface area contributed by atoms with Crippen LogP contribution >= 0.6 is 0 Å². The van der Waals surface area contributed by atoms with E-state index in [1.165, 1.54) is 5.56 Å². The van der Waals surface area contributed by atoms with E-state index >= 15 is 0 Å². The zero-order chi connectivity index (χ0) is 26.7. The molecule has 0 aliphatic carbocycles. The number of ether oxygens (including phenoxy) is 4. The third-order valence-corrected chi connectivity index (χ3v) is 5.97. The van der Waals surface area contributed by atoms with E-state index in [1.54, 1.807) is 26.6 Å². The van der Waals surface area contributed by atoms with Gasteiger partial charge < -0.3 is 34.9 Å². The molecule has 3 N–H and O–H groups in total. The molecule has 0 fully saturated rings.